The van der Waals surface area contributed by atoms with Crippen LogP contribution < -0.4 is 5.32 Å². The van der Waals surface area contributed by atoms with Gasteiger partial charge in [-0.25, -0.2) is 4.79 Å². The molecule has 0 saturated heterocycles. The van der Waals surface area contributed by atoms with Crippen molar-refractivity contribution >= 4 is 28.2 Å². The lowest BCUT2D eigenvalue weighted by atomic mass is 10.4. The molecule has 2 heterocycles. The van der Waals surface area contributed by atoms with Crippen LogP contribution >= 0.6 is 11.3 Å². The Morgan fingerprint density at radius 2 is 2.24 bits per heavy atom. The lowest BCUT2D eigenvalue weighted by Gasteiger charge is -1.95. The van der Waals surface area contributed by atoms with Crippen LogP contribution in [0.25, 0.3) is 0 Å². The first kappa shape index (κ1) is 11.3. The average molecular weight is 253 g/mol. The molecule has 0 radical (unpaired) electrons. The van der Waals surface area contributed by atoms with E-state index in [2.05, 4.69) is 20.0 Å². The molecule has 0 aliphatic rings. The van der Waals surface area contributed by atoms with E-state index in [4.69, 9.17) is 5.11 Å². The lowest BCUT2D eigenvalue weighted by molar-refractivity contribution is 0.0702. The highest BCUT2D eigenvalue weighted by atomic mass is 32.1. The van der Waals surface area contributed by atoms with Gasteiger partial charge in [-0.2, -0.15) is 4.98 Å². The molecule has 0 atom stereocenters. The van der Waals surface area contributed by atoms with Crippen LogP contribution in [-0.2, 0) is 0 Å². The lowest BCUT2D eigenvalue weighted by Crippen LogP contribution is -2.12. The van der Waals surface area contributed by atoms with E-state index >= 15 is 0 Å². The minimum absolute atomic E-state index is 0.0900. The second-order valence-corrected chi connectivity index (χ2v) is 4.14. The second-order valence-electron chi connectivity index (χ2n) is 3.06. The number of nitrogens with one attached hydrogen (secondary N) is 1. The van der Waals surface area contributed by atoms with Gasteiger partial charge >= 0.3 is 5.97 Å². The number of aryl methyl sites for hydroxylation is 1. The van der Waals surface area contributed by atoms with Crippen LogP contribution in [0.1, 0.15) is 26.2 Å². The van der Waals surface area contributed by atoms with Crippen molar-refractivity contribution in [3.63, 3.8) is 0 Å². The van der Waals surface area contributed by atoms with Gasteiger partial charge < -0.3 is 14.9 Å². The van der Waals surface area contributed by atoms with Crippen LogP contribution in [0.4, 0.5) is 5.00 Å². The van der Waals surface area contributed by atoms with E-state index in [1.807, 2.05) is 0 Å². The third-order valence-electron chi connectivity index (χ3n) is 1.78. The summed E-state index contributed by atoms with van der Waals surface area (Å²) in [4.78, 5) is 26.1. The summed E-state index contributed by atoms with van der Waals surface area (Å²) in [5, 5.41) is 15.0. The van der Waals surface area contributed by atoms with Crippen LogP contribution in [0.3, 0.4) is 0 Å². The first-order chi connectivity index (χ1) is 8.06. The van der Waals surface area contributed by atoms with Crippen molar-refractivity contribution in [1.82, 2.24) is 10.1 Å². The fourth-order valence-corrected chi connectivity index (χ4v) is 1.82. The maximum absolute atomic E-state index is 11.6. The van der Waals surface area contributed by atoms with Gasteiger partial charge in [0.15, 0.2) is 0 Å². The number of carboxylic acids is 1. The number of anilines is 1. The standard InChI is InChI=1S/C9H7N3O4S/c1-4-10-7(12-16-4)8(13)11-6-3-2-5(17-6)9(14)15/h2-3H,1H3,(H,11,13)(H,14,15). The highest BCUT2D eigenvalue weighted by molar-refractivity contribution is 7.18. The van der Waals surface area contributed by atoms with E-state index in [0.29, 0.717) is 5.00 Å². The van der Waals surface area contributed by atoms with Crippen molar-refractivity contribution in [2.45, 2.75) is 6.92 Å². The molecular formula is C9H7N3O4S. The van der Waals surface area contributed by atoms with Crippen molar-refractivity contribution in [1.29, 1.82) is 0 Å². The number of amides is 1. The third kappa shape index (κ3) is 2.48. The Kier molecular flexibility index (Phi) is 2.88. The van der Waals surface area contributed by atoms with Crippen LogP contribution in [0.5, 0.6) is 0 Å². The fourth-order valence-electron chi connectivity index (χ4n) is 1.08. The molecule has 0 saturated carbocycles. The summed E-state index contributed by atoms with van der Waals surface area (Å²) < 4.78 is 4.65. The number of carbonyl (C=O) groups excluding carboxylic acids is 1. The Morgan fingerprint density at radius 1 is 1.47 bits per heavy atom. The van der Waals surface area contributed by atoms with Crippen molar-refractivity contribution < 1.29 is 19.2 Å². The number of nitrogens with zero attached hydrogens (tertiary/aromatic N) is 2. The minimum Gasteiger partial charge on any atom is -0.477 e. The Morgan fingerprint density at radius 3 is 2.76 bits per heavy atom. The molecule has 2 rings (SSSR count). The van der Waals surface area contributed by atoms with Crippen molar-refractivity contribution in [3.05, 3.63) is 28.7 Å². The maximum atomic E-state index is 11.6. The molecular weight excluding hydrogens is 246 g/mol. The summed E-state index contributed by atoms with van der Waals surface area (Å²) in [5.41, 5.74) is 0. The van der Waals surface area contributed by atoms with Crippen LogP contribution in [0.15, 0.2) is 16.7 Å². The Balaban J connectivity index is 2.10. The minimum atomic E-state index is -1.04. The van der Waals surface area contributed by atoms with E-state index in [1.165, 1.54) is 12.1 Å². The van der Waals surface area contributed by atoms with Gasteiger partial charge in [-0.15, -0.1) is 11.3 Å². The molecule has 8 heteroatoms. The van der Waals surface area contributed by atoms with Crippen LogP contribution in [0, 0.1) is 6.92 Å². The highest BCUT2D eigenvalue weighted by Crippen LogP contribution is 2.22. The van der Waals surface area contributed by atoms with Crippen molar-refractivity contribution in [3.8, 4) is 0 Å². The molecule has 2 N–H and O–H groups in total. The molecule has 17 heavy (non-hydrogen) atoms. The number of hydrogen-bond acceptors (Lipinski definition) is 6. The molecule has 0 unspecified atom stereocenters. The zero-order valence-electron chi connectivity index (χ0n) is 8.63. The SMILES string of the molecule is Cc1nc(C(=O)Nc2ccc(C(=O)O)s2)no1. The predicted molar refractivity (Wildman–Crippen MR) is 58.3 cm³/mol. The Hall–Kier alpha value is -2.22. The van der Waals surface area contributed by atoms with Gasteiger partial charge in [-0.3, -0.25) is 4.79 Å². The highest BCUT2D eigenvalue weighted by Gasteiger charge is 2.15. The van der Waals surface area contributed by atoms with Gasteiger partial charge in [-0.1, -0.05) is 5.16 Å². The molecule has 0 spiro atoms. The van der Waals surface area contributed by atoms with Gasteiger partial charge in [0.05, 0.1) is 5.00 Å². The topological polar surface area (TPSA) is 105 Å². The van der Waals surface area contributed by atoms with Gasteiger partial charge in [0, 0.05) is 6.92 Å². The van der Waals surface area contributed by atoms with E-state index in [9.17, 15) is 9.59 Å². The van der Waals surface area contributed by atoms with E-state index in [1.54, 1.807) is 6.92 Å². The van der Waals surface area contributed by atoms with E-state index in [0.717, 1.165) is 11.3 Å². The molecule has 7 nitrogen and oxygen atoms in total. The molecule has 0 bridgehead atoms. The summed E-state index contributed by atoms with van der Waals surface area (Å²) in [6, 6.07) is 2.91. The first-order valence-electron chi connectivity index (χ1n) is 4.51. The number of hydrogen-bond donors (Lipinski definition) is 2. The van der Waals surface area contributed by atoms with E-state index in [-0.39, 0.29) is 16.6 Å². The first-order valence-corrected chi connectivity index (χ1v) is 5.32. The third-order valence-corrected chi connectivity index (χ3v) is 2.77. The van der Waals surface area contributed by atoms with Crippen LogP contribution in [0.2, 0.25) is 0 Å². The summed E-state index contributed by atoms with van der Waals surface area (Å²) in [5.74, 6) is -1.38. The monoisotopic (exact) mass is 253 g/mol. The van der Waals surface area contributed by atoms with E-state index < -0.39 is 11.9 Å². The molecule has 0 aliphatic heterocycles. The van der Waals surface area contributed by atoms with Gasteiger partial charge in [0.1, 0.15) is 4.88 Å². The number of aromatic nitrogens is 2. The Bertz CT molecular complexity index is 574. The van der Waals surface area contributed by atoms with Crippen molar-refractivity contribution in [2.24, 2.45) is 0 Å². The molecule has 1 amide bonds. The summed E-state index contributed by atoms with van der Waals surface area (Å²) in [6.07, 6.45) is 0. The second kappa shape index (κ2) is 4.34. The number of thiophene rings is 1. The molecule has 0 aliphatic carbocycles. The van der Waals surface area contributed by atoms with Gasteiger partial charge in [0.2, 0.25) is 5.89 Å². The number of carbonyl (C=O) groups is 2. The fraction of sp³-hybridized carbons (Fsp3) is 0.111. The molecule has 0 aromatic carbocycles. The van der Waals surface area contributed by atoms with Crippen LogP contribution in [-0.4, -0.2) is 27.1 Å². The summed E-state index contributed by atoms with van der Waals surface area (Å²) in [7, 11) is 0. The van der Waals surface area contributed by atoms with Gasteiger partial charge in [-0.05, 0) is 12.1 Å². The molecule has 88 valence electrons. The molecule has 2 aromatic rings. The van der Waals surface area contributed by atoms with Crippen molar-refractivity contribution in [2.75, 3.05) is 5.32 Å². The zero-order chi connectivity index (χ0) is 12.4. The number of rotatable bonds is 3. The predicted octanol–water partition coefficient (Wildman–Crippen LogP) is 1.39. The largest absolute Gasteiger partial charge is 0.477 e. The number of carboxylic acid groups (broad SMARTS) is 1. The number of aromatic carboxylic acids is 1. The zero-order valence-corrected chi connectivity index (χ0v) is 9.45. The molecule has 2 aromatic heterocycles. The molecule has 0 fully saturated rings. The average Bonchev–Trinajstić information content (AvgIpc) is 2.86. The quantitative estimate of drug-likeness (QED) is 0.856. The smallest absolute Gasteiger partial charge is 0.345 e. The normalized spacial score (nSPS) is 10.2. The summed E-state index contributed by atoms with van der Waals surface area (Å²) in [6.45, 7) is 1.57. The Labute approximate surface area is 99.1 Å². The maximum Gasteiger partial charge on any atom is 0.345 e. The van der Waals surface area contributed by atoms with Gasteiger partial charge in [0.25, 0.3) is 11.7 Å². The summed E-state index contributed by atoms with van der Waals surface area (Å²) >= 11 is 0.953.